The summed E-state index contributed by atoms with van der Waals surface area (Å²) in [5, 5.41) is 2.98. The van der Waals surface area contributed by atoms with Crippen LogP contribution in [0.2, 0.25) is 5.02 Å². The van der Waals surface area contributed by atoms with E-state index in [1.54, 1.807) is 12.3 Å². The summed E-state index contributed by atoms with van der Waals surface area (Å²) in [5.41, 5.74) is 0.250. The molecular formula is C21H28ClN3O4S. The SMILES string of the molecule is C[C@H]1CCCN(S(=O)(=O)c2cc(C(=O)NC[C@H](c3ccco3)N(C)C)ccc2Cl)C1. The number of furan rings is 1. The molecule has 1 aliphatic rings. The van der Waals surface area contributed by atoms with E-state index in [-0.39, 0.29) is 27.4 Å². The van der Waals surface area contributed by atoms with E-state index < -0.39 is 10.0 Å². The van der Waals surface area contributed by atoms with Gasteiger partial charge in [0.15, 0.2) is 0 Å². The van der Waals surface area contributed by atoms with Gasteiger partial charge in [-0.3, -0.25) is 9.69 Å². The first kappa shape index (κ1) is 22.8. The molecule has 7 nitrogen and oxygen atoms in total. The van der Waals surface area contributed by atoms with Gasteiger partial charge in [-0.1, -0.05) is 18.5 Å². The van der Waals surface area contributed by atoms with E-state index in [0.29, 0.717) is 25.6 Å². The van der Waals surface area contributed by atoms with E-state index in [2.05, 4.69) is 5.32 Å². The third-order valence-corrected chi connectivity index (χ3v) is 7.73. The molecule has 0 radical (unpaired) electrons. The molecular weight excluding hydrogens is 426 g/mol. The number of hydrogen-bond donors (Lipinski definition) is 1. The van der Waals surface area contributed by atoms with Crippen LogP contribution in [0.15, 0.2) is 45.9 Å². The first-order chi connectivity index (χ1) is 14.2. The summed E-state index contributed by atoms with van der Waals surface area (Å²) < 4.78 is 33.2. The number of nitrogens with one attached hydrogen (secondary N) is 1. The largest absolute Gasteiger partial charge is 0.468 e. The maximum Gasteiger partial charge on any atom is 0.251 e. The molecule has 9 heteroatoms. The Hall–Kier alpha value is -1.87. The second-order valence-corrected chi connectivity index (χ2v) is 10.3. The molecule has 30 heavy (non-hydrogen) atoms. The van der Waals surface area contributed by atoms with Gasteiger partial charge in [0.05, 0.1) is 17.3 Å². The number of carbonyl (C=O) groups excluding carboxylic acids is 1. The second-order valence-electron chi connectivity index (χ2n) is 7.96. The van der Waals surface area contributed by atoms with Gasteiger partial charge in [0.1, 0.15) is 10.7 Å². The number of hydrogen-bond acceptors (Lipinski definition) is 5. The number of piperidine rings is 1. The molecule has 1 N–H and O–H groups in total. The number of rotatable bonds is 7. The van der Waals surface area contributed by atoms with E-state index in [9.17, 15) is 13.2 Å². The fourth-order valence-electron chi connectivity index (χ4n) is 3.66. The van der Waals surface area contributed by atoms with E-state index in [1.807, 2.05) is 32.0 Å². The molecule has 2 heterocycles. The first-order valence-corrected chi connectivity index (χ1v) is 11.8. The maximum atomic E-state index is 13.1. The summed E-state index contributed by atoms with van der Waals surface area (Å²) in [6.07, 6.45) is 3.41. The van der Waals surface area contributed by atoms with Gasteiger partial charge in [-0.25, -0.2) is 8.42 Å². The lowest BCUT2D eigenvalue weighted by Gasteiger charge is -2.30. The van der Waals surface area contributed by atoms with Crippen LogP contribution >= 0.6 is 11.6 Å². The van der Waals surface area contributed by atoms with Crippen molar-refractivity contribution in [2.45, 2.75) is 30.7 Å². The molecule has 1 aliphatic heterocycles. The zero-order chi connectivity index (χ0) is 21.9. The van der Waals surface area contributed by atoms with Crippen LogP contribution in [0.3, 0.4) is 0 Å². The molecule has 3 rings (SSSR count). The predicted octanol–water partition coefficient (Wildman–Crippen LogP) is 3.39. The molecule has 0 saturated carbocycles. The molecule has 1 aromatic heterocycles. The van der Waals surface area contributed by atoms with Crippen molar-refractivity contribution >= 4 is 27.5 Å². The average Bonchev–Trinajstić information content (AvgIpc) is 3.22. The Morgan fingerprint density at radius 1 is 1.37 bits per heavy atom. The van der Waals surface area contributed by atoms with E-state index in [0.717, 1.165) is 18.6 Å². The van der Waals surface area contributed by atoms with Gasteiger partial charge in [0.25, 0.3) is 5.91 Å². The fourth-order valence-corrected chi connectivity index (χ4v) is 5.75. The van der Waals surface area contributed by atoms with Crippen LogP contribution in [-0.4, -0.2) is 57.3 Å². The van der Waals surface area contributed by atoms with Crippen molar-refractivity contribution in [3.63, 3.8) is 0 Å². The number of amides is 1. The van der Waals surface area contributed by atoms with Crippen molar-refractivity contribution in [3.8, 4) is 0 Å². The summed E-state index contributed by atoms with van der Waals surface area (Å²) in [4.78, 5) is 14.7. The third kappa shape index (κ3) is 5.06. The first-order valence-electron chi connectivity index (χ1n) is 9.98. The highest BCUT2D eigenvalue weighted by atomic mass is 35.5. The van der Waals surface area contributed by atoms with Crippen molar-refractivity contribution in [3.05, 3.63) is 52.9 Å². The topological polar surface area (TPSA) is 82.9 Å². The van der Waals surface area contributed by atoms with Crippen LogP contribution in [0.1, 0.15) is 41.9 Å². The van der Waals surface area contributed by atoms with Gasteiger partial charge in [-0.05, 0) is 63.2 Å². The van der Waals surface area contributed by atoms with Crippen LogP contribution in [0.25, 0.3) is 0 Å². The molecule has 0 unspecified atom stereocenters. The zero-order valence-electron chi connectivity index (χ0n) is 17.5. The quantitative estimate of drug-likeness (QED) is 0.694. The number of nitrogens with zero attached hydrogens (tertiary/aromatic N) is 2. The Labute approximate surface area is 183 Å². The smallest absolute Gasteiger partial charge is 0.251 e. The Balaban J connectivity index is 1.78. The number of carbonyl (C=O) groups is 1. The molecule has 2 atom stereocenters. The summed E-state index contributed by atoms with van der Waals surface area (Å²) in [6, 6.07) is 7.87. The number of halogens is 1. The Morgan fingerprint density at radius 3 is 2.77 bits per heavy atom. The fraction of sp³-hybridized carbons (Fsp3) is 0.476. The zero-order valence-corrected chi connectivity index (χ0v) is 19.0. The number of benzene rings is 1. The minimum Gasteiger partial charge on any atom is -0.468 e. The summed E-state index contributed by atoms with van der Waals surface area (Å²) in [6.45, 7) is 3.27. The van der Waals surface area contributed by atoms with Crippen molar-refractivity contribution in [1.29, 1.82) is 0 Å². The van der Waals surface area contributed by atoms with Crippen molar-refractivity contribution in [2.24, 2.45) is 5.92 Å². The van der Waals surface area contributed by atoms with Crippen LogP contribution in [0.5, 0.6) is 0 Å². The van der Waals surface area contributed by atoms with Gasteiger partial charge in [-0.2, -0.15) is 4.31 Å². The Kier molecular flexibility index (Phi) is 7.23. The molecule has 0 aliphatic carbocycles. The maximum absolute atomic E-state index is 13.1. The summed E-state index contributed by atoms with van der Waals surface area (Å²) in [7, 11) is 0.0259. The highest BCUT2D eigenvalue weighted by Gasteiger charge is 2.31. The number of likely N-dealkylation sites (N-methyl/N-ethyl adjacent to an activating group) is 1. The number of sulfonamides is 1. The molecule has 1 amide bonds. The standard InChI is InChI=1S/C21H28ClN3O4S/c1-15-6-4-10-25(14-15)30(27,28)20-12-16(8-9-17(20)22)21(26)23-13-18(24(2)3)19-7-5-11-29-19/h5,7-9,11-12,15,18H,4,6,10,13-14H2,1-3H3,(H,23,26)/t15-,18+/m0/s1. The van der Waals surface area contributed by atoms with Crippen LogP contribution < -0.4 is 5.32 Å². The summed E-state index contributed by atoms with van der Waals surface area (Å²) >= 11 is 6.22. The van der Waals surface area contributed by atoms with E-state index in [4.69, 9.17) is 16.0 Å². The van der Waals surface area contributed by atoms with Gasteiger partial charge >= 0.3 is 0 Å². The van der Waals surface area contributed by atoms with E-state index in [1.165, 1.54) is 22.5 Å². The Bertz CT molecular complexity index is 976. The normalized spacial score (nSPS) is 19.0. The van der Waals surface area contributed by atoms with Crippen molar-refractivity contribution < 1.29 is 17.6 Å². The second kappa shape index (κ2) is 9.51. The Morgan fingerprint density at radius 2 is 2.13 bits per heavy atom. The van der Waals surface area contributed by atoms with Crippen molar-refractivity contribution in [2.75, 3.05) is 33.7 Å². The minimum atomic E-state index is -3.76. The van der Waals surface area contributed by atoms with Gasteiger partial charge < -0.3 is 9.73 Å². The average molecular weight is 454 g/mol. The molecule has 0 spiro atoms. The van der Waals surface area contributed by atoms with Gasteiger partial charge in [0.2, 0.25) is 10.0 Å². The highest BCUT2D eigenvalue weighted by Crippen LogP contribution is 2.29. The molecule has 1 fully saturated rings. The monoisotopic (exact) mass is 453 g/mol. The van der Waals surface area contributed by atoms with Crippen LogP contribution in [-0.2, 0) is 10.0 Å². The molecule has 0 bridgehead atoms. The molecule has 164 valence electrons. The summed E-state index contributed by atoms with van der Waals surface area (Å²) in [5.74, 6) is 0.663. The van der Waals surface area contributed by atoms with Crippen LogP contribution in [0.4, 0.5) is 0 Å². The van der Waals surface area contributed by atoms with Gasteiger partial charge in [-0.15, -0.1) is 0 Å². The highest BCUT2D eigenvalue weighted by molar-refractivity contribution is 7.89. The van der Waals surface area contributed by atoms with Crippen molar-refractivity contribution in [1.82, 2.24) is 14.5 Å². The minimum absolute atomic E-state index is 0.0267. The lowest BCUT2D eigenvalue weighted by Crippen LogP contribution is -2.39. The van der Waals surface area contributed by atoms with Crippen LogP contribution in [0, 0.1) is 5.92 Å². The molecule has 1 saturated heterocycles. The van der Waals surface area contributed by atoms with E-state index >= 15 is 0 Å². The van der Waals surface area contributed by atoms with Gasteiger partial charge in [0, 0.05) is 25.2 Å². The third-order valence-electron chi connectivity index (χ3n) is 5.38. The predicted molar refractivity (Wildman–Crippen MR) is 116 cm³/mol. The lowest BCUT2D eigenvalue weighted by molar-refractivity contribution is 0.0939. The molecule has 2 aromatic rings. The molecule has 1 aromatic carbocycles. The lowest BCUT2D eigenvalue weighted by atomic mass is 10.0.